The number of rotatable bonds is 7. The van der Waals surface area contributed by atoms with Crippen LogP contribution in [0.3, 0.4) is 0 Å². The molecule has 15 heteroatoms. The first-order chi connectivity index (χ1) is 26.6. The molecule has 6 atom stereocenters. The van der Waals surface area contributed by atoms with E-state index in [4.69, 9.17) is 27.9 Å². The van der Waals surface area contributed by atoms with Gasteiger partial charge in [-0.15, -0.1) is 23.2 Å². The zero-order chi connectivity index (χ0) is 40.0. The number of halogens is 7. The summed E-state index contributed by atoms with van der Waals surface area (Å²) >= 11 is 14.4. The molecule has 0 bridgehead atoms. The molecule has 8 rings (SSSR count). The molecule has 4 amide bonds. The van der Waals surface area contributed by atoms with Crippen molar-refractivity contribution in [2.75, 3.05) is 9.80 Å². The number of hydrogen-bond donors (Lipinski definition) is 1. The molecule has 286 valence electrons. The third kappa shape index (κ3) is 5.16. The van der Waals surface area contributed by atoms with E-state index in [1.165, 1.54) is 18.2 Å². The van der Waals surface area contributed by atoms with Gasteiger partial charge in [-0.25, -0.2) is 26.9 Å². The first kappa shape index (κ1) is 37.4. The van der Waals surface area contributed by atoms with Crippen LogP contribution in [0.15, 0.2) is 91.0 Å². The first-order valence-corrected chi connectivity index (χ1v) is 18.0. The van der Waals surface area contributed by atoms with Gasteiger partial charge in [0, 0.05) is 17.5 Å². The molecule has 0 spiro atoms. The molecule has 2 saturated heterocycles. The Morgan fingerprint density at radius 1 is 0.804 bits per heavy atom. The third-order valence-electron chi connectivity index (χ3n) is 11.2. The number of fused-ring (bicyclic) bond motifs is 4. The summed E-state index contributed by atoms with van der Waals surface area (Å²) in [6.45, 7) is 3.79. The molecule has 4 aromatic rings. The molecule has 2 heterocycles. The summed E-state index contributed by atoms with van der Waals surface area (Å²) in [7, 11) is 0. The molecular formula is C41H27Cl2F5N2O6. The zero-order valence-corrected chi connectivity index (χ0v) is 30.3. The Balaban J connectivity index is 1.27. The Bertz CT molecular complexity index is 2400. The second kappa shape index (κ2) is 13.3. The van der Waals surface area contributed by atoms with E-state index in [0.29, 0.717) is 5.56 Å². The lowest BCUT2D eigenvalue weighted by Gasteiger charge is -2.50. The lowest BCUT2D eigenvalue weighted by Crippen LogP contribution is -2.60. The molecule has 4 aliphatic rings. The fourth-order valence-corrected chi connectivity index (χ4v) is 9.45. The number of ether oxygens (including phenoxy) is 1. The van der Waals surface area contributed by atoms with Crippen LogP contribution in [-0.2, 0) is 25.8 Å². The van der Waals surface area contributed by atoms with Gasteiger partial charge in [0.2, 0.25) is 17.6 Å². The molecule has 6 unspecified atom stereocenters. The number of benzene rings is 4. The van der Waals surface area contributed by atoms with Crippen molar-refractivity contribution < 1.29 is 51.0 Å². The van der Waals surface area contributed by atoms with E-state index < -0.39 is 104 Å². The van der Waals surface area contributed by atoms with Gasteiger partial charge < -0.3 is 9.84 Å². The molecule has 2 aliphatic carbocycles. The first-order valence-electron chi connectivity index (χ1n) is 17.2. The predicted molar refractivity (Wildman–Crippen MR) is 194 cm³/mol. The van der Waals surface area contributed by atoms with Crippen LogP contribution >= 0.6 is 23.2 Å². The summed E-state index contributed by atoms with van der Waals surface area (Å²) in [5.74, 6) is -22.3. The molecule has 0 aromatic heterocycles. The van der Waals surface area contributed by atoms with Crippen molar-refractivity contribution in [1.29, 1.82) is 0 Å². The number of nitrogens with zero attached hydrogens (tertiary/aromatic N) is 2. The highest BCUT2D eigenvalue weighted by molar-refractivity contribution is 6.58. The maximum Gasteiger partial charge on any atom is 0.258 e. The maximum absolute atomic E-state index is 15.4. The fourth-order valence-electron chi connectivity index (χ4n) is 8.52. The number of anilines is 2. The second-order valence-corrected chi connectivity index (χ2v) is 15.2. The Morgan fingerprint density at radius 2 is 1.45 bits per heavy atom. The van der Waals surface area contributed by atoms with Crippen molar-refractivity contribution in [3.8, 4) is 11.5 Å². The van der Waals surface area contributed by atoms with Crippen LogP contribution in [0.4, 0.5) is 33.3 Å². The summed E-state index contributed by atoms with van der Waals surface area (Å²) in [4.78, 5) is 52.4. The van der Waals surface area contributed by atoms with E-state index in [-0.39, 0.29) is 40.5 Å². The number of carbonyl (C=O) groups is 4. The predicted octanol–water partition coefficient (Wildman–Crippen LogP) is 8.08. The standard InChI is InChI=1S/C41H27Cl2F5N2O6/c1-2-19-8-10-21(11-9-19)49-36(52)25-15-14-23-26(28(25)37(49)53)17-40(42)38(54)50(35-33(47)31(45)30(44)32(46)34(35)48)39(55)41(40,43)29(23)24-13-12-22(16-27(24)51)56-18-20-6-4-3-5-7-20/h2-14,16,25-26,28-29,51H,1,15,17-18H2. The van der Waals surface area contributed by atoms with Gasteiger partial charge in [-0.05, 0) is 48.1 Å². The van der Waals surface area contributed by atoms with Gasteiger partial charge in [-0.3, -0.25) is 24.1 Å². The summed E-state index contributed by atoms with van der Waals surface area (Å²) in [5.41, 5.74) is -0.0868. The van der Waals surface area contributed by atoms with Gasteiger partial charge in [0.1, 0.15) is 23.8 Å². The van der Waals surface area contributed by atoms with E-state index >= 15 is 8.78 Å². The summed E-state index contributed by atoms with van der Waals surface area (Å²) in [6, 6.07) is 19.4. The molecular weight excluding hydrogens is 782 g/mol. The van der Waals surface area contributed by atoms with Crippen molar-refractivity contribution in [3.63, 3.8) is 0 Å². The molecule has 8 nitrogen and oxygen atoms in total. The number of allylic oxidation sites excluding steroid dienone is 2. The summed E-state index contributed by atoms with van der Waals surface area (Å²) < 4.78 is 79.8. The van der Waals surface area contributed by atoms with Crippen molar-refractivity contribution in [2.24, 2.45) is 17.8 Å². The van der Waals surface area contributed by atoms with Gasteiger partial charge in [0.05, 0.1) is 17.5 Å². The highest BCUT2D eigenvalue weighted by Gasteiger charge is 2.77. The number of phenols is 1. The highest BCUT2D eigenvalue weighted by Crippen LogP contribution is 2.67. The average Bonchev–Trinajstić information content (AvgIpc) is 3.54. The van der Waals surface area contributed by atoms with Gasteiger partial charge >= 0.3 is 0 Å². The molecule has 4 aromatic carbocycles. The number of alkyl halides is 2. The topological polar surface area (TPSA) is 104 Å². The SMILES string of the molecule is C=Cc1ccc(N2C(=O)C3CC=C4C(CC5(Cl)C(=O)N(c6c(F)c(F)c(F)c(F)c6F)C(=O)C5(Cl)C4c4ccc(OCc5ccccc5)cc4O)C3C2=O)cc1. The quantitative estimate of drug-likeness (QED) is 0.0506. The minimum Gasteiger partial charge on any atom is -0.508 e. The smallest absolute Gasteiger partial charge is 0.258 e. The van der Waals surface area contributed by atoms with Crippen LogP contribution in [0.5, 0.6) is 11.5 Å². The van der Waals surface area contributed by atoms with Crippen LogP contribution in [-0.4, -0.2) is 38.5 Å². The summed E-state index contributed by atoms with van der Waals surface area (Å²) in [5, 5.41) is 11.6. The number of aromatic hydroxyl groups is 1. The Kier molecular flexibility index (Phi) is 8.88. The Labute approximate surface area is 325 Å². The highest BCUT2D eigenvalue weighted by atomic mass is 35.5. The number of carbonyl (C=O) groups excluding carboxylic acids is 4. The molecule has 1 N–H and O–H groups in total. The van der Waals surface area contributed by atoms with E-state index in [1.807, 2.05) is 18.2 Å². The third-order valence-corrected chi connectivity index (χ3v) is 12.6. The van der Waals surface area contributed by atoms with E-state index in [0.717, 1.165) is 10.5 Å². The fraction of sp³-hybridized carbons (Fsp3) is 0.220. The Morgan fingerprint density at radius 3 is 2.07 bits per heavy atom. The molecule has 1 saturated carbocycles. The lowest BCUT2D eigenvalue weighted by molar-refractivity contribution is -0.125. The number of imide groups is 2. The maximum atomic E-state index is 15.4. The van der Waals surface area contributed by atoms with Gasteiger partial charge in [-0.1, -0.05) is 72.8 Å². The van der Waals surface area contributed by atoms with Crippen LogP contribution in [0.2, 0.25) is 0 Å². The van der Waals surface area contributed by atoms with E-state index in [1.54, 1.807) is 48.6 Å². The average molecular weight is 810 g/mol. The molecule has 56 heavy (non-hydrogen) atoms. The number of phenolic OH excluding ortho intramolecular Hbond substituents is 1. The minimum absolute atomic E-state index is 0.0659. The van der Waals surface area contributed by atoms with Crippen LogP contribution < -0.4 is 14.5 Å². The Hall–Kier alpha value is -5.53. The van der Waals surface area contributed by atoms with E-state index in [9.17, 15) is 37.5 Å². The van der Waals surface area contributed by atoms with Gasteiger partial charge in [-0.2, -0.15) is 0 Å². The minimum atomic E-state index is -2.79. The van der Waals surface area contributed by atoms with E-state index in [2.05, 4.69) is 6.58 Å². The normalized spacial score (nSPS) is 26.9. The number of hydrogen-bond acceptors (Lipinski definition) is 6. The largest absolute Gasteiger partial charge is 0.508 e. The lowest BCUT2D eigenvalue weighted by atomic mass is 9.56. The van der Waals surface area contributed by atoms with Gasteiger partial charge in [0.25, 0.3) is 11.8 Å². The van der Waals surface area contributed by atoms with Gasteiger partial charge in [0.15, 0.2) is 33.0 Å². The molecule has 2 aliphatic heterocycles. The van der Waals surface area contributed by atoms with Crippen LogP contribution in [0.1, 0.15) is 35.4 Å². The van der Waals surface area contributed by atoms with Crippen LogP contribution in [0.25, 0.3) is 6.08 Å². The van der Waals surface area contributed by atoms with Crippen molar-refractivity contribution in [3.05, 3.63) is 137 Å². The summed E-state index contributed by atoms with van der Waals surface area (Å²) in [6.07, 6.45) is 2.37. The molecule has 3 fully saturated rings. The van der Waals surface area contributed by atoms with Crippen molar-refractivity contribution >= 4 is 64.3 Å². The van der Waals surface area contributed by atoms with Crippen molar-refractivity contribution in [1.82, 2.24) is 0 Å². The zero-order valence-electron chi connectivity index (χ0n) is 28.7. The van der Waals surface area contributed by atoms with Crippen LogP contribution in [0, 0.1) is 46.8 Å². The second-order valence-electron chi connectivity index (χ2n) is 14.0. The monoisotopic (exact) mass is 808 g/mol. The van der Waals surface area contributed by atoms with Crippen molar-refractivity contribution in [2.45, 2.75) is 35.1 Å². The molecule has 0 radical (unpaired) electrons. The number of amides is 4.